The van der Waals surface area contributed by atoms with Gasteiger partial charge in [0.25, 0.3) is 11.8 Å². The first-order valence-corrected chi connectivity index (χ1v) is 8.09. The zero-order valence-corrected chi connectivity index (χ0v) is 13.5. The molecule has 0 N–H and O–H groups in total. The Bertz CT molecular complexity index is 790. The largest absolute Gasteiger partial charge is 0.459 e. The minimum Gasteiger partial charge on any atom is -0.459 e. The molecule has 1 aromatic heterocycles. The van der Waals surface area contributed by atoms with Gasteiger partial charge in [0, 0.05) is 12.2 Å². The van der Waals surface area contributed by atoms with Crippen molar-refractivity contribution >= 4 is 17.5 Å². The Labute approximate surface area is 143 Å². The second-order valence-electron chi connectivity index (χ2n) is 6.38. The lowest BCUT2D eigenvalue weighted by atomic mass is 10.00. The number of amides is 2. The Morgan fingerprint density at radius 1 is 1.16 bits per heavy atom. The summed E-state index contributed by atoms with van der Waals surface area (Å²) < 4.78 is 24.1. The van der Waals surface area contributed by atoms with Gasteiger partial charge in [-0.25, -0.2) is 4.39 Å². The highest BCUT2D eigenvalue weighted by atomic mass is 19.1. The van der Waals surface area contributed by atoms with Crippen LogP contribution in [0.15, 0.2) is 47.1 Å². The van der Waals surface area contributed by atoms with Crippen LogP contribution in [0.25, 0.3) is 0 Å². The molecule has 7 heteroatoms. The maximum absolute atomic E-state index is 13.1. The average molecular weight is 344 g/mol. The monoisotopic (exact) mass is 344 g/mol. The molecule has 6 nitrogen and oxygen atoms in total. The molecule has 2 fully saturated rings. The van der Waals surface area contributed by atoms with E-state index in [2.05, 4.69) is 0 Å². The van der Waals surface area contributed by atoms with E-state index < -0.39 is 5.60 Å². The second kappa shape index (κ2) is 6.00. The van der Waals surface area contributed by atoms with Crippen molar-refractivity contribution in [1.29, 1.82) is 0 Å². The molecule has 25 heavy (non-hydrogen) atoms. The van der Waals surface area contributed by atoms with E-state index in [1.807, 2.05) is 0 Å². The fourth-order valence-corrected chi connectivity index (χ4v) is 3.39. The number of hydrogen-bond acceptors (Lipinski definition) is 4. The maximum atomic E-state index is 13.1. The summed E-state index contributed by atoms with van der Waals surface area (Å²) in [5.41, 5.74) is 0.0229. The highest BCUT2D eigenvalue weighted by Gasteiger charge is 2.47. The van der Waals surface area contributed by atoms with Crippen LogP contribution in [0.2, 0.25) is 0 Å². The fraction of sp³-hybridized carbons (Fsp3) is 0.333. The molecule has 130 valence electrons. The summed E-state index contributed by atoms with van der Waals surface area (Å²) in [6.45, 7) is 1.20. The van der Waals surface area contributed by atoms with Gasteiger partial charge in [0.15, 0.2) is 5.76 Å². The van der Waals surface area contributed by atoms with Crippen molar-refractivity contribution in [2.45, 2.75) is 12.0 Å². The van der Waals surface area contributed by atoms with Gasteiger partial charge in [0.2, 0.25) is 0 Å². The Morgan fingerprint density at radius 2 is 1.96 bits per heavy atom. The molecule has 0 radical (unpaired) electrons. The number of likely N-dealkylation sites (tertiary alicyclic amines) is 1. The molecule has 1 spiro atoms. The van der Waals surface area contributed by atoms with Crippen LogP contribution >= 0.6 is 0 Å². The molecule has 2 aliphatic heterocycles. The number of halogens is 1. The SMILES string of the molecule is O=C(c1ccco1)N1CCC2(C1)CN(c1ccc(F)cc1)C(=O)CO2. The molecule has 0 bridgehead atoms. The summed E-state index contributed by atoms with van der Waals surface area (Å²) in [4.78, 5) is 28.0. The molecule has 0 saturated carbocycles. The summed E-state index contributed by atoms with van der Waals surface area (Å²) in [6.07, 6.45) is 2.09. The number of rotatable bonds is 2. The number of benzene rings is 1. The third-order valence-electron chi connectivity index (χ3n) is 4.72. The van der Waals surface area contributed by atoms with Crippen molar-refractivity contribution < 1.29 is 23.1 Å². The molecule has 1 unspecified atom stereocenters. The first-order valence-electron chi connectivity index (χ1n) is 8.09. The Kier molecular flexibility index (Phi) is 3.80. The van der Waals surface area contributed by atoms with E-state index in [1.54, 1.807) is 34.1 Å². The van der Waals surface area contributed by atoms with Crippen LogP contribution < -0.4 is 4.90 Å². The fourth-order valence-electron chi connectivity index (χ4n) is 3.39. The average Bonchev–Trinajstić information content (AvgIpc) is 3.28. The number of nitrogens with zero attached hydrogens (tertiary/aromatic N) is 2. The molecule has 1 atom stereocenters. The zero-order valence-electron chi connectivity index (χ0n) is 13.5. The van der Waals surface area contributed by atoms with Gasteiger partial charge in [0.05, 0.1) is 19.4 Å². The van der Waals surface area contributed by atoms with Crippen LogP contribution in [-0.4, -0.2) is 48.6 Å². The molecule has 1 aromatic carbocycles. The zero-order chi connectivity index (χ0) is 17.4. The van der Waals surface area contributed by atoms with Crippen molar-refractivity contribution in [3.63, 3.8) is 0 Å². The van der Waals surface area contributed by atoms with E-state index in [4.69, 9.17) is 9.15 Å². The standard InChI is InChI=1S/C18H17FN2O4/c19-13-3-5-14(6-4-13)21-12-18(25-10-16(21)22)7-8-20(11-18)17(23)15-2-1-9-24-15/h1-6,9H,7-8,10-12H2. The molecule has 2 aliphatic rings. The van der Waals surface area contributed by atoms with Crippen LogP contribution in [0.4, 0.5) is 10.1 Å². The van der Waals surface area contributed by atoms with Gasteiger partial charge in [0.1, 0.15) is 18.0 Å². The van der Waals surface area contributed by atoms with Crippen LogP contribution in [0.3, 0.4) is 0 Å². The number of carbonyl (C=O) groups is 2. The molecule has 2 aromatic rings. The minimum atomic E-state index is -0.607. The van der Waals surface area contributed by atoms with Crippen molar-refractivity contribution in [2.75, 3.05) is 31.1 Å². The summed E-state index contributed by atoms with van der Waals surface area (Å²) in [6, 6.07) is 9.10. The summed E-state index contributed by atoms with van der Waals surface area (Å²) in [5, 5.41) is 0. The number of anilines is 1. The van der Waals surface area contributed by atoms with Gasteiger partial charge in [-0.3, -0.25) is 9.59 Å². The lowest BCUT2D eigenvalue weighted by Crippen LogP contribution is -2.56. The lowest BCUT2D eigenvalue weighted by molar-refractivity contribution is -0.137. The van der Waals surface area contributed by atoms with E-state index in [1.165, 1.54) is 18.4 Å². The quantitative estimate of drug-likeness (QED) is 0.837. The molecule has 2 amide bonds. The van der Waals surface area contributed by atoms with Crippen LogP contribution in [0.1, 0.15) is 17.0 Å². The minimum absolute atomic E-state index is 0.0554. The molecular formula is C18H17FN2O4. The smallest absolute Gasteiger partial charge is 0.289 e. The van der Waals surface area contributed by atoms with Gasteiger partial charge in [-0.05, 0) is 42.8 Å². The molecular weight excluding hydrogens is 327 g/mol. The first kappa shape index (κ1) is 15.8. The molecule has 2 saturated heterocycles. The van der Waals surface area contributed by atoms with Crippen molar-refractivity contribution in [1.82, 2.24) is 4.90 Å². The summed E-state index contributed by atoms with van der Waals surface area (Å²) in [7, 11) is 0. The van der Waals surface area contributed by atoms with E-state index in [0.29, 0.717) is 37.5 Å². The molecule has 4 rings (SSSR count). The summed E-state index contributed by atoms with van der Waals surface area (Å²) >= 11 is 0. The maximum Gasteiger partial charge on any atom is 0.289 e. The van der Waals surface area contributed by atoms with Crippen LogP contribution in [-0.2, 0) is 9.53 Å². The normalized spacial score (nSPS) is 23.5. The Balaban J connectivity index is 1.52. The van der Waals surface area contributed by atoms with Gasteiger partial charge < -0.3 is 19.0 Å². The van der Waals surface area contributed by atoms with E-state index in [-0.39, 0.29) is 24.2 Å². The van der Waals surface area contributed by atoms with Gasteiger partial charge in [-0.15, -0.1) is 0 Å². The third-order valence-corrected chi connectivity index (χ3v) is 4.72. The van der Waals surface area contributed by atoms with E-state index >= 15 is 0 Å². The van der Waals surface area contributed by atoms with Crippen molar-refractivity contribution in [2.24, 2.45) is 0 Å². The number of morpholine rings is 1. The highest BCUT2D eigenvalue weighted by molar-refractivity contribution is 5.95. The van der Waals surface area contributed by atoms with Crippen molar-refractivity contribution in [3.8, 4) is 0 Å². The van der Waals surface area contributed by atoms with Gasteiger partial charge >= 0.3 is 0 Å². The Morgan fingerprint density at radius 3 is 2.68 bits per heavy atom. The third kappa shape index (κ3) is 2.91. The number of carbonyl (C=O) groups excluding carboxylic acids is 2. The predicted octanol–water partition coefficient (Wildman–Crippen LogP) is 2.07. The lowest BCUT2D eigenvalue weighted by Gasteiger charge is -2.40. The van der Waals surface area contributed by atoms with Crippen LogP contribution in [0, 0.1) is 5.82 Å². The molecule has 0 aliphatic carbocycles. The van der Waals surface area contributed by atoms with E-state index in [9.17, 15) is 14.0 Å². The summed E-state index contributed by atoms with van der Waals surface area (Å²) in [5.74, 6) is -0.418. The Hall–Kier alpha value is -2.67. The molecule has 3 heterocycles. The van der Waals surface area contributed by atoms with E-state index in [0.717, 1.165) is 0 Å². The second-order valence-corrected chi connectivity index (χ2v) is 6.38. The van der Waals surface area contributed by atoms with Gasteiger partial charge in [-0.1, -0.05) is 0 Å². The topological polar surface area (TPSA) is 63.0 Å². The number of ether oxygens (including phenoxy) is 1. The first-order chi connectivity index (χ1) is 12.1. The number of furan rings is 1. The predicted molar refractivity (Wildman–Crippen MR) is 86.7 cm³/mol. The number of hydrogen-bond donors (Lipinski definition) is 0. The van der Waals surface area contributed by atoms with Crippen molar-refractivity contribution in [3.05, 3.63) is 54.2 Å². The highest BCUT2D eigenvalue weighted by Crippen LogP contribution is 2.32. The van der Waals surface area contributed by atoms with Crippen LogP contribution in [0.5, 0.6) is 0 Å². The van der Waals surface area contributed by atoms with Gasteiger partial charge in [-0.2, -0.15) is 0 Å².